The van der Waals surface area contributed by atoms with Crippen LogP contribution in [-0.2, 0) is 0 Å². The molecule has 3 nitrogen and oxygen atoms in total. The second-order valence-corrected chi connectivity index (χ2v) is 7.10. The molecule has 3 heterocycles. The highest BCUT2D eigenvalue weighted by Gasteiger charge is 2.41. The van der Waals surface area contributed by atoms with Crippen molar-refractivity contribution < 1.29 is 9.13 Å². The van der Waals surface area contributed by atoms with Crippen molar-refractivity contribution in [1.82, 2.24) is 5.01 Å². The van der Waals surface area contributed by atoms with Crippen LogP contribution in [0.1, 0.15) is 34.7 Å². The summed E-state index contributed by atoms with van der Waals surface area (Å²) in [5.74, 6) is 0.532. The van der Waals surface area contributed by atoms with E-state index in [4.69, 9.17) is 9.84 Å². The number of thiophene rings is 1. The Kier molecular flexibility index (Phi) is 3.35. The number of para-hydroxylation sites is 1. The van der Waals surface area contributed by atoms with E-state index in [-0.39, 0.29) is 11.9 Å². The summed E-state index contributed by atoms with van der Waals surface area (Å²) < 4.78 is 20.6. The number of ether oxygens (including phenoxy) is 1. The first-order valence-corrected chi connectivity index (χ1v) is 9.09. The second-order valence-electron chi connectivity index (χ2n) is 6.15. The molecule has 2 aliphatic heterocycles. The quantitative estimate of drug-likeness (QED) is 0.640. The van der Waals surface area contributed by atoms with Crippen LogP contribution in [0, 0.1) is 5.82 Å². The van der Waals surface area contributed by atoms with E-state index >= 15 is 0 Å². The Morgan fingerprint density at radius 2 is 1.80 bits per heavy atom. The van der Waals surface area contributed by atoms with Crippen LogP contribution in [0.25, 0.3) is 0 Å². The molecule has 2 aliphatic rings. The summed E-state index contributed by atoms with van der Waals surface area (Å²) in [5, 5.41) is 8.78. The first kappa shape index (κ1) is 14.7. The topological polar surface area (TPSA) is 24.8 Å². The summed E-state index contributed by atoms with van der Waals surface area (Å²) in [6.07, 6.45) is 0.241. The van der Waals surface area contributed by atoms with Gasteiger partial charge in [-0.3, -0.25) is 0 Å². The number of benzene rings is 2. The average Bonchev–Trinajstić information content (AvgIpc) is 3.31. The van der Waals surface area contributed by atoms with Gasteiger partial charge in [0, 0.05) is 12.0 Å². The molecule has 5 rings (SSSR count). The maximum atomic E-state index is 14.4. The minimum absolute atomic E-state index is 0.0617. The van der Waals surface area contributed by atoms with Crippen LogP contribution < -0.4 is 4.74 Å². The van der Waals surface area contributed by atoms with Crippen LogP contribution in [-0.4, -0.2) is 10.7 Å². The molecule has 0 spiro atoms. The highest BCUT2D eigenvalue weighted by Crippen LogP contribution is 2.47. The third-order valence-corrected chi connectivity index (χ3v) is 5.59. The van der Waals surface area contributed by atoms with Gasteiger partial charge < -0.3 is 4.74 Å². The lowest BCUT2D eigenvalue weighted by atomic mass is 9.97. The molecular weight excluding hydrogens is 335 g/mol. The Hall–Kier alpha value is -2.66. The normalized spacial score (nSPS) is 21.3. The largest absolute Gasteiger partial charge is 0.464 e. The molecule has 0 saturated heterocycles. The molecule has 124 valence electrons. The molecular formula is C20H15FN2OS. The van der Waals surface area contributed by atoms with Crippen LogP contribution in [0.5, 0.6) is 5.75 Å². The van der Waals surface area contributed by atoms with Gasteiger partial charge in [-0.05, 0) is 23.6 Å². The average molecular weight is 350 g/mol. The molecule has 0 radical (unpaired) electrons. The molecule has 25 heavy (non-hydrogen) atoms. The Balaban J connectivity index is 1.63. The molecule has 3 aromatic rings. The van der Waals surface area contributed by atoms with Gasteiger partial charge in [-0.15, -0.1) is 11.3 Å². The van der Waals surface area contributed by atoms with Gasteiger partial charge in [0.15, 0.2) is 0 Å². The third kappa shape index (κ3) is 2.35. The van der Waals surface area contributed by atoms with Gasteiger partial charge in [-0.1, -0.05) is 42.5 Å². The molecule has 0 amide bonds. The number of rotatable bonds is 2. The molecule has 0 aliphatic carbocycles. The van der Waals surface area contributed by atoms with E-state index in [0.717, 1.165) is 28.3 Å². The van der Waals surface area contributed by atoms with E-state index in [1.54, 1.807) is 23.5 Å². The van der Waals surface area contributed by atoms with Crippen molar-refractivity contribution >= 4 is 17.0 Å². The van der Waals surface area contributed by atoms with Gasteiger partial charge >= 0.3 is 0 Å². The Morgan fingerprint density at radius 3 is 2.60 bits per heavy atom. The summed E-state index contributed by atoms with van der Waals surface area (Å²) in [6, 6.07) is 18.9. The SMILES string of the molecule is Fc1ccccc1[C@H]1Oc2ccccc2[C@H]2CC(c3cccs3)=NN21. The molecule has 1 aromatic heterocycles. The standard InChI is InChI=1S/C20H15FN2OS/c21-15-8-3-1-6-13(15)20-23-17(14-7-2-4-9-18(14)24-20)12-16(22-23)19-10-5-11-25-19/h1-11,17,20H,12H2/t17-,20-/m1/s1. The Labute approximate surface area is 149 Å². The van der Waals surface area contributed by atoms with Gasteiger partial charge in [0.05, 0.1) is 22.2 Å². The van der Waals surface area contributed by atoms with E-state index in [1.165, 1.54) is 6.07 Å². The maximum absolute atomic E-state index is 14.4. The minimum atomic E-state index is -0.557. The van der Waals surface area contributed by atoms with E-state index in [2.05, 4.69) is 12.1 Å². The van der Waals surface area contributed by atoms with Gasteiger partial charge in [0.2, 0.25) is 6.23 Å². The molecule has 0 saturated carbocycles. The van der Waals surface area contributed by atoms with Crippen molar-refractivity contribution in [1.29, 1.82) is 0 Å². The number of hydrogen-bond donors (Lipinski definition) is 0. The molecule has 5 heteroatoms. The molecule has 0 N–H and O–H groups in total. The van der Waals surface area contributed by atoms with Crippen molar-refractivity contribution in [2.45, 2.75) is 18.7 Å². The number of hydrogen-bond acceptors (Lipinski definition) is 4. The van der Waals surface area contributed by atoms with Crippen molar-refractivity contribution in [2.24, 2.45) is 5.10 Å². The number of halogens is 1. The lowest BCUT2D eigenvalue weighted by Gasteiger charge is -2.38. The summed E-state index contributed by atoms with van der Waals surface area (Å²) in [5.41, 5.74) is 2.64. The number of hydrazone groups is 1. The molecule has 0 unspecified atom stereocenters. The highest BCUT2D eigenvalue weighted by atomic mass is 32.1. The van der Waals surface area contributed by atoms with Crippen molar-refractivity contribution in [2.75, 3.05) is 0 Å². The molecule has 0 fully saturated rings. The Bertz CT molecular complexity index is 954. The Morgan fingerprint density at radius 1 is 1.00 bits per heavy atom. The smallest absolute Gasteiger partial charge is 0.216 e. The van der Waals surface area contributed by atoms with E-state index < -0.39 is 6.23 Å². The molecule has 2 atom stereocenters. The van der Waals surface area contributed by atoms with Crippen LogP contribution >= 0.6 is 11.3 Å². The monoisotopic (exact) mass is 350 g/mol. The molecule has 2 aromatic carbocycles. The second kappa shape index (κ2) is 5.70. The minimum Gasteiger partial charge on any atom is -0.464 e. The summed E-state index contributed by atoms with van der Waals surface area (Å²) in [6.45, 7) is 0. The lowest BCUT2D eigenvalue weighted by molar-refractivity contribution is -0.0212. The van der Waals surface area contributed by atoms with Gasteiger partial charge in [-0.25, -0.2) is 9.40 Å². The van der Waals surface area contributed by atoms with Gasteiger partial charge in [0.25, 0.3) is 0 Å². The third-order valence-electron chi connectivity index (χ3n) is 4.68. The lowest BCUT2D eigenvalue weighted by Crippen LogP contribution is -2.34. The van der Waals surface area contributed by atoms with Crippen LogP contribution in [0.2, 0.25) is 0 Å². The van der Waals surface area contributed by atoms with Crippen molar-refractivity contribution in [3.05, 3.63) is 87.9 Å². The predicted octanol–water partition coefficient (Wildman–Crippen LogP) is 5.13. The summed E-state index contributed by atoms with van der Waals surface area (Å²) in [4.78, 5) is 1.15. The fourth-order valence-electron chi connectivity index (χ4n) is 3.51. The van der Waals surface area contributed by atoms with Crippen molar-refractivity contribution in [3.8, 4) is 5.75 Å². The highest BCUT2D eigenvalue weighted by molar-refractivity contribution is 7.12. The zero-order valence-corrected chi connectivity index (χ0v) is 14.1. The zero-order chi connectivity index (χ0) is 16.8. The fraction of sp³-hybridized carbons (Fsp3) is 0.150. The zero-order valence-electron chi connectivity index (χ0n) is 13.3. The first-order valence-electron chi connectivity index (χ1n) is 8.21. The summed E-state index contributed by atoms with van der Waals surface area (Å²) >= 11 is 1.67. The van der Waals surface area contributed by atoms with Crippen LogP contribution in [0.4, 0.5) is 4.39 Å². The maximum Gasteiger partial charge on any atom is 0.216 e. The van der Waals surface area contributed by atoms with E-state index in [9.17, 15) is 4.39 Å². The first-order chi connectivity index (χ1) is 12.3. The van der Waals surface area contributed by atoms with Gasteiger partial charge in [-0.2, -0.15) is 5.10 Å². The summed E-state index contributed by atoms with van der Waals surface area (Å²) in [7, 11) is 0. The fourth-order valence-corrected chi connectivity index (χ4v) is 4.23. The molecule has 0 bridgehead atoms. The van der Waals surface area contributed by atoms with Crippen molar-refractivity contribution in [3.63, 3.8) is 0 Å². The van der Waals surface area contributed by atoms with Gasteiger partial charge in [0.1, 0.15) is 11.6 Å². The van der Waals surface area contributed by atoms with E-state index in [0.29, 0.717) is 5.56 Å². The number of nitrogens with zero attached hydrogens (tertiary/aromatic N) is 2. The van der Waals surface area contributed by atoms with Crippen LogP contribution in [0.15, 0.2) is 71.1 Å². The van der Waals surface area contributed by atoms with E-state index in [1.807, 2.05) is 40.7 Å². The number of fused-ring (bicyclic) bond motifs is 3. The predicted molar refractivity (Wildman–Crippen MR) is 96.3 cm³/mol. The van der Waals surface area contributed by atoms with Crippen LogP contribution in [0.3, 0.4) is 0 Å².